The molecular formula is C18H26IN5O. The minimum Gasteiger partial charge on any atom is -0.490 e. The van der Waals surface area contributed by atoms with E-state index in [1.165, 1.54) is 6.42 Å². The molecular weight excluding hydrogens is 429 g/mol. The quantitative estimate of drug-likeness (QED) is 0.400. The summed E-state index contributed by atoms with van der Waals surface area (Å²) in [4.78, 5) is 4.27. The maximum atomic E-state index is 6.07. The molecule has 1 aliphatic carbocycles. The number of ether oxygens (including phenoxy) is 1. The maximum Gasteiger partial charge on any atom is 0.191 e. The summed E-state index contributed by atoms with van der Waals surface area (Å²) < 4.78 is 7.92. The van der Waals surface area contributed by atoms with Crippen LogP contribution in [0.25, 0.3) is 0 Å². The average Bonchev–Trinajstić information content (AvgIpc) is 2.97. The Morgan fingerprint density at radius 2 is 2.00 bits per heavy atom. The van der Waals surface area contributed by atoms with E-state index in [1.54, 1.807) is 13.2 Å². The summed E-state index contributed by atoms with van der Waals surface area (Å²) in [5.74, 6) is 1.73. The van der Waals surface area contributed by atoms with Gasteiger partial charge in [-0.25, -0.2) is 0 Å². The molecule has 0 bridgehead atoms. The zero-order chi connectivity index (χ0) is 16.8. The minimum atomic E-state index is 0. The van der Waals surface area contributed by atoms with Crippen LogP contribution >= 0.6 is 24.0 Å². The van der Waals surface area contributed by atoms with Gasteiger partial charge in [-0.05, 0) is 31.4 Å². The van der Waals surface area contributed by atoms with E-state index >= 15 is 0 Å². The number of aliphatic imine (C=N–C) groups is 1. The van der Waals surface area contributed by atoms with Gasteiger partial charge in [-0.1, -0.05) is 18.2 Å². The first-order chi connectivity index (χ1) is 11.8. The number of halogens is 1. The lowest BCUT2D eigenvalue weighted by Crippen LogP contribution is -2.37. The Kier molecular flexibility index (Phi) is 7.54. The molecule has 1 saturated carbocycles. The highest BCUT2D eigenvalue weighted by Crippen LogP contribution is 2.27. The Labute approximate surface area is 166 Å². The molecule has 0 radical (unpaired) electrons. The van der Waals surface area contributed by atoms with Crippen LogP contribution in [0.15, 0.2) is 41.5 Å². The fourth-order valence-electron chi connectivity index (χ4n) is 2.58. The van der Waals surface area contributed by atoms with Crippen LogP contribution in [-0.2, 0) is 20.1 Å². The Balaban J connectivity index is 0.00000225. The van der Waals surface area contributed by atoms with E-state index in [0.717, 1.165) is 35.8 Å². The molecule has 136 valence electrons. The summed E-state index contributed by atoms with van der Waals surface area (Å²) >= 11 is 0. The molecule has 0 unspecified atom stereocenters. The second-order valence-electron chi connectivity index (χ2n) is 6.00. The zero-order valence-corrected chi connectivity index (χ0v) is 17.1. The largest absolute Gasteiger partial charge is 0.490 e. The number of aromatic nitrogens is 2. The third kappa shape index (κ3) is 5.35. The van der Waals surface area contributed by atoms with E-state index in [1.807, 2.05) is 36.0 Å². The highest BCUT2D eigenvalue weighted by molar-refractivity contribution is 14.0. The minimum absolute atomic E-state index is 0. The molecule has 3 rings (SSSR count). The van der Waals surface area contributed by atoms with Gasteiger partial charge in [0.15, 0.2) is 5.96 Å². The van der Waals surface area contributed by atoms with Gasteiger partial charge < -0.3 is 15.4 Å². The van der Waals surface area contributed by atoms with Crippen molar-refractivity contribution in [1.29, 1.82) is 0 Å². The molecule has 0 atom stereocenters. The van der Waals surface area contributed by atoms with Crippen LogP contribution in [0.1, 0.15) is 30.5 Å². The first-order valence-electron chi connectivity index (χ1n) is 8.42. The number of para-hydroxylation sites is 1. The molecule has 0 spiro atoms. The van der Waals surface area contributed by atoms with E-state index in [-0.39, 0.29) is 24.0 Å². The van der Waals surface area contributed by atoms with Crippen LogP contribution in [0.5, 0.6) is 5.75 Å². The van der Waals surface area contributed by atoms with Gasteiger partial charge in [0, 0.05) is 32.4 Å². The molecule has 1 aliphatic rings. The van der Waals surface area contributed by atoms with Gasteiger partial charge >= 0.3 is 0 Å². The van der Waals surface area contributed by atoms with E-state index in [4.69, 9.17) is 4.74 Å². The fraction of sp³-hybridized carbons (Fsp3) is 0.444. The summed E-state index contributed by atoms with van der Waals surface area (Å²) in [6.07, 6.45) is 5.77. The molecule has 0 aliphatic heterocycles. The van der Waals surface area contributed by atoms with E-state index in [2.05, 4.69) is 26.8 Å². The van der Waals surface area contributed by atoms with Crippen LogP contribution in [0, 0.1) is 0 Å². The van der Waals surface area contributed by atoms with Gasteiger partial charge in [-0.2, -0.15) is 5.10 Å². The number of nitrogens with zero attached hydrogens (tertiary/aromatic N) is 3. The molecule has 1 aromatic heterocycles. The number of hydrogen-bond acceptors (Lipinski definition) is 3. The van der Waals surface area contributed by atoms with Gasteiger partial charge in [0.25, 0.3) is 0 Å². The molecule has 25 heavy (non-hydrogen) atoms. The standard InChI is InChI=1S/C18H25N5O.HI/c1-19-18(21-13-15-10-11-22-23(15)2)20-12-14-6-3-4-9-17(14)24-16-7-5-8-16;/h3-4,6,9-11,16H,5,7-8,12-13H2,1-2H3,(H2,19,20,21);1H. The number of aryl methyl sites for hydroxylation is 1. The van der Waals surface area contributed by atoms with Gasteiger partial charge in [-0.15, -0.1) is 24.0 Å². The SMILES string of the molecule is CN=C(NCc1ccccc1OC1CCC1)NCc1ccnn1C.I. The molecule has 2 aromatic rings. The smallest absolute Gasteiger partial charge is 0.191 e. The first kappa shape index (κ1) is 19.6. The van der Waals surface area contributed by atoms with Gasteiger partial charge in [0.05, 0.1) is 18.3 Å². The van der Waals surface area contributed by atoms with Crippen LogP contribution in [-0.4, -0.2) is 28.9 Å². The van der Waals surface area contributed by atoms with Crippen molar-refractivity contribution < 1.29 is 4.74 Å². The van der Waals surface area contributed by atoms with Crippen LogP contribution in [0.4, 0.5) is 0 Å². The number of rotatable bonds is 6. The Morgan fingerprint density at radius 1 is 1.24 bits per heavy atom. The lowest BCUT2D eigenvalue weighted by Gasteiger charge is -2.27. The molecule has 0 saturated heterocycles. The third-order valence-electron chi connectivity index (χ3n) is 4.35. The fourth-order valence-corrected chi connectivity index (χ4v) is 2.58. The topological polar surface area (TPSA) is 63.5 Å². The second-order valence-corrected chi connectivity index (χ2v) is 6.00. The van der Waals surface area contributed by atoms with Crippen molar-refractivity contribution in [3.05, 3.63) is 47.8 Å². The molecule has 0 amide bonds. The number of benzene rings is 1. The molecule has 6 nitrogen and oxygen atoms in total. The predicted octanol–water partition coefficient (Wildman–Crippen LogP) is 2.83. The first-order valence-corrected chi connectivity index (χ1v) is 8.42. The van der Waals surface area contributed by atoms with Gasteiger partial charge in [0.2, 0.25) is 0 Å². The highest BCUT2D eigenvalue weighted by atomic mass is 127. The van der Waals surface area contributed by atoms with Crippen LogP contribution < -0.4 is 15.4 Å². The maximum absolute atomic E-state index is 6.07. The molecule has 1 fully saturated rings. The van der Waals surface area contributed by atoms with Crippen molar-refractivity contribution in [2.75, 3.05) is 7.05 Å². The molecule has 1 heterocycles. The Morgan fingerprint density at radius 3 is 2.64 bits per heavy atom. The van der Waals surface area contributed by atoms with E-state index < -0.39 is 0 Å². The van der Waals surface area contributed by atoms with Crippen LogP contribution in [0.3, 0.4) is 0 Å². The van der Waals surface area contributed by atoms with Crippen molar-refractivity contribution in [3.8, 4) is 5.75 Å². The molecule has 1 aromatic carbocycles. The van der Waals surface area contributed by atoms with Crippen LogP contribution in [0.2, 0.25) is 0 Å². The normalized spacial score (nSPS) is 14.4. The summed E-state index contributed by atoms with van der Waals surface area (Å²) in [5.41, 5.74) is 2.25. The molecule has 7 heteroatoms. The van der Waals surface area contributed by atoms with Crippen molar-refractivity contribution >= 4 is 29.9 Å². The van der Waals surface area contributed by atoms with Gasteiger partial charge in [0.1, 0.15) is 5.75 Å². The lowest BCUT2D eigenvalue weighted by molar-refractivity contribution is 0.119. The van der Waals surface area contributed by atoms with Crippen molar-refractivity contribution in [2.45, 2.75) is 38.5 Å². The molecule has 2 N–H and O–H groups in total. The van der Waals surface area contributed by atoms with E-state index in [0.29, 0.717) is 19.2 Å². The second kappa shape index (κ2) is 9.65. The Hall–Kier alpha value is -1.77. The summed E-state index contributed by atoms with van der Waals surface area (Å²) in [5, 5.41) is 10.8. The lowest BCUT2D eigenvalue weighted by atomic mass is 9.96. The average molecular weight is 455 g/mol. The zero-order valence-electron chi connectivity index (χ0n) is 14.7. The monoisotopic (exact) mass is 455 g/mol. The summed E-state index contributed by atoms with van der Waals surface area (Å²) in [6, 6.07) is 10.2. The number of guanidine groups is 1. The highest BCUT2D eigenvalue weighted by Gasteiger charge is 2.20. The van der Waals surface area contributed by atoms with Gasteiger partial charge in [-0.3, -0.25) is 9.67 Å². The van der Waals surface area contributed by atoms with Crippen molar-refractivity contribution in [1.82, 2.24) is 20.4 Å². The number of nitrogens with one attached hydrogen (secondary N) is 2. The van der Waals surface area contributed by atoms with Crippen molar-refractivity contribution in [3.63, 3.8) is 0 Å². The predicted molar refractivity (Wildman–Crippen MR) is 110 cm³/mol. The van der Waals surface area contributed by atoms with Crippen molar-refractivity contribution in [2.24, 2.45) is 12.0 Å². The third-order valence-corrected chi connectivity index (χ3v) is 4.35. The summed E-state index contributed by atoms with van der Waals surface area (Å²) in [6.45, 7) is 1.35. The Bertz CT molecular complexity index is 696. The number of hydrogen-bond donors (Lipinski definition) is 2. The van der Waals surface area contributed by atoms with E-state index in [9.17, 15) is 0 Å². The summed E-state index contributed by atoms with van der Waals surface area (Å²) in [7, 11) is 3.70.